The summed E-state index contributed by atoms with van der Waals surface area (Å²) >= 11 is 1.72. The molecule has 0 fully saturated rings. The molecule has 0 aliphatic rings. The first-order chi connectivity index (χ1) is 12.7. The Hall–Kier alpha value is -2.76. The Kier molecular flexibility index (Phi) is 4.65. The topological polar surface area (TPSA) is 46.4 Å². The summed E-state index contributed by atoms with van der Waals surface area (Å²) in [5.74, 6) is 0. The summed E-state index contributed by atoms with van der Waals surface area (Å²) in [5.41, 5.74) is 3.60. The van der Waals surface area contributed by atoms with Gasteiger partial charge in [0, 0.05) is 23.7 Å². The Morgan fingerprint density at radius 2 is 1.96 bits per heavy atom. The van der Waals surface area contributed by atoms with Crippen LogP contribution in [0.25, 0.3) is 5.65 Å². The zero-order valence-electron chi connectivity index (χ0n) is 14.4. The molecule has 0 bridgehead atoms. The zero-order valence-corrected chi connectivity index (χ0v) is 15.2. The fraction of sp³-hybridized carbons (Fsp3) is 0.143. The zero-order chi connectivity index (χ0) is 17.9. The highest BCUT2D eigenvalue weighted by atomic mass is 32.1. The van der Waals surface area contributed by atoms with Gasteiger partial charge in [-0.05, 0) is 35.6 Å². The molecule has 26 heavy (non-hydrogen) atoms. The van der Waals surface area contributed by atoms with Gasteiger partial charge in [-0.1, -0.05) is 42.5 Å². The van der Waals surface area contributed by atoms with Gasteiger partial charge < -0.3 is 0 Å². The lowest BCUT2D eigenvalue weighted by Crippen LogP contribution is -2.24. The minimum absolute atomic E-state index is 0.0529. The molecular weight excluding hydrogens is 342 g/mol. The van der Waals surface area contributed by atoms with Gasteiger partial charge in [0.25, 0.3) is 5.56 Å². The van der Waals surface area contributed by atoms with Crippen LogP contribution in [0.4, 0.5) is 0 Å². The molecule has 0 aliphatic carbocycles. The van der Waals surface area contributed by atoms with Crippen LogP contribution >= 0.6 is 11.3 Å². The highest BCUT2D eigenvalue weighted by Gasteiger charge is 2.15. The van der Waals surface area contributed by atoms with Gasteiger partial charge in [-0.25, -0.2) is 4.98 Å². The minimum Gasteiger partial charge on any atom is -0.300 e. The van der Waals surface area contributed by atoms with Crippen molar-refractivity contribution < 1.29 is 0 Å². The van der Waals surface area contributed by atoms with Crippen LogP contribution in [0.1, 0.15) is 27.7 Å². The summed E-state index contributed by atoms with van der Waals surface area (Å²) in [5, 5.41) is 5.65. The average molecular weight is 361 g/mol. The van der Waals surface area contributed by atoms with Crippen molar-refractivity contribution in [3.05, 3.63) is 104 Å². The Labute approximate surface area is 155 Å². The number of fused-ring (bicyclic) bond motifs is 1. The van der Waals surface area contributed by atoms with E-state index in [0.29, 0.717) is 12.2 Å². The maximum atomic E-state index is 12.4. The maximum Gasteiger partial charge on any atom is 0.258 e. The number of pyridine rings is 1. The molecule has 0 saturated heterocycles. The van der Waals surface area contributed by atoms with Crippen molar-refractivity contribution in [3.63, 3.8) is 0 Å². The predicted molar refractivity (Wildman–Crippen MR) is 106 cm³/mol. The number of thiophene rings is 1. The van der Waals surface area contributed by atoms with Crippen molar-refractivity contribution in [3.8, 4) is 0 Å². The molecule has 1 N–H and O–H groups in total. The van der Waals surface area contributed by atoms with Crippen molar-refractivity contribution in [1.82, 2.24) is 14.7 Å². The van der Waals surface area contributed by atoms with Gasteiger partial charge in [-0.15, -0.1) is 11.3 Å². The second-order valence-corrected chi connectivity index (χ2v) is 7.19. The third-order valence-electron chi connectivity index (χ3n) is 4.39. The molecule has 1 atom stereocenters. The Bertz CT molecular complexity index is 1070. The van der Waals surface area contributed by atoms with Crippen molar-refractivity contribution in [2.75, 3.05) is 0 Å². The van der Waals surface area contributed by atoms with E-state index < -0.39 is 0 Å². The number of aromatic nitrogens is 2. The second-order valence-electron chi connectivity index (χ2n) is 6.21. The highest BCUT2D eigenvalue weighted by molar-refractivity contribution is 7.10. The van der Waals surface area contributed by atoms with E-state index in [2.05, 4.69) is 39.9 Å². The fourth-order valence-corrected chi connectivity index (χ4v) is 3.92. The first-order valence-corrected chi connectivity index (χ1v) is 9.40. The van der Waals surface area contributed by atoms with Crippen LogP contribution < -0.4 is 10.9 Å². The largest absolute Gasteiger partial charge is 0.300 e. The third-order valence-corrected chi connectivity index (χ3v) is 5.32. The molecule has 4 aromatic rings. The van der Waals surface area contributed by atoms with E-state index in [-0.39, 0.29) is 11.6 Å². The molecule has 0 radical (unpaired) electrons. The number of aryl methyl sites for hydroxylation is 1. The van der Waals surface area contributed by atoms with Crippen molar-refractivity contribution in [2.45, 2.75) is 19.5 Å². The molecule has 0 saturated carbocycles. The van der Waals surface area contributed by atoms with E-state index in [1.807, 2.05) is 37.3 Å². The van der Waals surface area contributed by atoms with Crippen LogP contribution in [0.15, 0.2) is 77.0 Å². The highest BCUT2D eigenvalue weighted by Crippen LogP contribution is 2.26. The van der Waals surface area contributed by atoms with Crippen LogP contribution in [-0.4, -0.2) is 9.38 Å². The maximum absolute atomic E-state index is 12.4. The number of nitrogens with zero attached hydrogens (tertiary/aromatic N) is 2. The molecule has 3 heterocycles. The van der Waals surface area contributed by atoms with E-state index in [0.717, 1.165) is 11.3 Å². The molecule has 0 spiro atoms. The number of hydrogen-bond donors (Lipinski definition) is 1. The normalized spacial score (nSPS) is 12.3. The summed E-state index contributed by atoms with van der Waals surface area (Å²) in [4.78, 5) is 18.3. The quantitative estimate of drug-likeness (QED) is 0.586. The molecule has 0 amide bonds. The monoisotopic (exact) mass is 361 g/mol. The minimum atomic E-state index is -0.0529. The van der Waals surface area contributed by atoms with E-state index in [1.54, 1.807) is 28.0 Å². The number of hydrogen-bond acceptors (Lipinski definition) is 4. The molecule has 3 aromatic heterocycles. The van der Waals surface area contributed by atoms with Crippen LogP contribution in [0.5, 0.6) is 0 Å². The lowest BCUT2D eigenvalue weighted by atomic mass is 10.1. The van der Waals surface area contributed by atoms with Gasteiger partial charge in [-0.3, -0.25) is 14.5 Å². The number of nitrogens with one attached hydrogen (secondary N) is 1. The van der Waals surface area contributed by atoms with Crippen LogP contribution in [-0.2, 0) is 6.54 Å². The fourth-order valence-electron chi connectivity index (χ4n) is 3.09. The Morgan fingerprint density at radius 1 is 1.12 bits per heavy atom. The van der Waals surface area contributed by atoms with E-state index in [4.69, 9.17) is 0 Å². The standard InChI is InChI=1S/C21H19N3OS/c1-15-7-5-11-24-19(25)13-17(23-21(15)24)14-22-20(18-10-6-12-26-18)16-8-3-2-4-9-16/h2-13,20,22H,14H2,1H3. The lowest BCUT2D eigenvalue weighted by molar-refractivity contribution is 0.604. The Balaban J connectivity index is 1.65. The molecular formula is C21H19N3OS. The van der Waals surface area contributed by atoms with Gasteiger partial charge in [0.2, 0.25) is 0 Å². The van der Waals surface area contributed by atoms with Crippen LogP contribution in [0, 0.1) is 6.92 Å². The van der Waals surface area contributed by atoms with E-state index in [9.17, 15) is 4.79 Å². The van der Waals surface area contributed by atoms with Crippen molar-refractivity contribution in [2.24, 2.45) is 0 Å². The summed E-state index contributed by atoms with van der Waals surface area (Å²) in [6.45, 7) is 2.49. The summed E-state index contributed by atoms with van der Waals surface area (Å²) < 4.78 is 1.59. The number of benzene rings is 1. The second kappa shape index (κ2) is 7.23. The SMILES string of the molecule is Cc1cccn2c(=O)cc(CNC(c3ccccc3)c3cccs3)nc12. The smallest absolute Gasteiger partial charge is 0.258 e. The molecule has 4 rings (SSSR count). The number of rotatable bonds is 5. The summed E-state index contributed by atoms with van der Waals surface area (Å²) in [6, 6.07) is 20.0. The first kappa shape index (κ1) is 16.7. The third kappa shape index (κ3) is 3.31. The van der Waals surface area contributed by atoms with Gasteiger partial charge >= 0.3 is 0 Å². The van der Waals surface area contributed by atoms with Gasteiger partial charge in [0.05, 0.1) is 11.7 Å². The Morgan fingerprint density at radius 3 is 2.73 bits per heavy atom. The van der Waals surface area contributed by atoms with Gasteiger partial charge in [0.1, 0.15) is 5.65 Å². The molecule has 1 unspecified atom stereocenters. The lowest BCUT2D eigenvalue weighted by Gasteiger charge is -2.18. The van der Waals surface area contributed by atoms with Crippen molar-refractivity contribution in [1.29, 1.82) is 0 Å². The average Bonchev–Trinajstić information content (AvgIpc) is 3.18. The van der Waals surface area contributed by atoms with Gasteiger partial charge in [0.15, 0.2) is 0 Å². The molecule has 4 nitrogen and oxygen atoms in total. The molecule has 130 valence electrons. The first-order valence-electron chi connectivity index (χ1n) is 8.52. The van der Waals surface area contributed by atoms with E-state index in [1.165, 1.54) is 10.4 Å². The summed E-state index contributed by atoms with van der Waals surface area (Å²) in [6.07, 6.45) is 1.76. The predicted octanol–water partition coefficient (Wildman–Crippen LogP) is 3.94. The van der Waals surface area contributed by atoms with Crippen LogP contribution in [0.2, 0.25) is 0 Å². The van der Waals surface area contributed by atoms with E-state index >= 15 is 0 Å². The van der Waals surface area contributed by atoms with Gasteiger partial charge in [-0.2, -0.15) is 0 Å². The molecule has 0 aliphatic heterocycles. The summed E-state index contributed by atoms with van der Waals surface area (Å²) in [7, 11) is 0. The van der Waals surface area contributed by atoms with Crippen LogP contribution in [0.3, 0.4) is 0 Å². The molecule has 1 aromatic carbocycles. The molecule has 5 heteroatoms. The van der Waals surface area contributed by atoms with Crippen molar-refractivity contribution >= 4 is 17.0 Å².